The maximum Gasteiger partial charge on any atom is 0.253 e. The second-order valence-electron chi connectivity index (χ2n) is 8.24. The molecule has 0 unspecified atom stereocenters. The zero-order valence-corrected chi connectivity index (χ0v) is 20.6. The molecule has 0 atom stereocenters. The van der Waals surface area contributed by atoms with E-state index in [0.717, 1.165) is 36.3 Å². The number of carbonyl (C=O) groups excluding carboxylic acids is 1. The minimum absolute atomic E-state index is 0.0413. The van der Waals surface area contributed by atoms with Crippen LogP contribution in [0.15, 0.2) is 60.7 Å². The quantitative estimate of drug-likeness (QED) is 0.385. The molecule has 172 valence electrons. The van der Waals surface area contributed by atoms with Crippen LogP contribution >= 0.6 is 34.8 Å². The Morgan fingerprint density at radius 1 is 0.848 bits per heavy atom. The topological polar surface area (TPSA) is 32.8 Å². The molecule has 3 aromatic rings. The number of hydrogen-bond donors (Lipinski definition) is 0. The molecular weight excluding hydrogens is 479 g/mol. The van der Waals surface area contributed by atoms with Gasteiger partial charge in [0.2, 0.25) is 0 Å². The Balaban J connectivity index is 1.33. The smallest absolute Gasteiger partial charge is 0.253 e. The van der Waals surface area contributed by atoms with Crippen molar-refractivity contribution in [2.45, 2.75) is 20.1 Å². The van der Waals surface area contributed by atoms with Crippen LogP contribution in [0.5, 0.6) is 5.75 Å². The van der Waals surface area contributed by atoms with E-state index in [9.17, 15) is 4.79 Å². The third-order valence-electron chi connectivity index (χ3n) is 5.70. The van der Waals surface area contributed by atoms with Crippen molar-refractivity contribution in [2.75, 3.05) is 26.2 Å². The van der Waals surface area contributed by atoms with Gasteiger partial charge in [0.15, 0.2) is 0 Å². The Bertz CT molecular complexity index is 1140. The molecule has 0 radical (unpaired) electrons. The first-order valence-electron chi connectivity index (χ1n) is 10.8. The highest BCUT2D eigenvalue weighted by Gasteiger charge is 2.22. The van der Waals surface area contributed by atoms with Crippen LogP contribution in [0.25, 0.3) is 0 Å². The number of halogens is 3. The monoisotopic (exact) mass is 502 g/mol. The van der Waals surface area contributed by atoms with Crippen molar-refractivity contribution >= 4 is 40.7 Å². The molecule has 0 bridgehead atoms. The summed E-state index contributed by atoms with van der Waals surface area (Å²) >= 11 is 18.4. The van der Waals surface area contributed by atoms with Crippen LogP contribution in [0.1, 0.15) is 27.0 Å². The molecule has 1 fully saturated rings. The van der Waals surface area contributed by atoms with E-state index in [1.807, 2.05) is 72.5 Å². The Labute approximate surface area is 209 Å². The summed E-state index contributed by atoms with van der Waals surface area (Å²) in [5.74, 6) is 0.686. The first-order valence-corrected chi connectivity index (χ1v) is 12.0. The number of aryl methyl sites for hydroxylation is 1. The summed E-state index contributed by atoms with van der Waals surface area (Å²) in [6.45, 7) is 6.10. The summed E-state index contributed by atoms with van der Waals surface area (Å²) in [6.07, 6.45) is 0. The summed E-state index contributed by atoms with van der Waals surface area (Å²) in [5, 5.41) is 1.70. The normalized spacial score (nSPS) is 14.4. The van der Waals surface area contributed by atoms with Gasteiger partial charge in [-0.3, -0.25) is 9.69 Å². The maximum absolute atomic E-state index is 13.1. The lowest BCUT2D eigenvalue weighted by Crippen LogP contribution is -2.48. The molecule has 0 spiro atoms. The lowest BCUT2D eigenvalue weighted by atomic mass is 10.1. The van der Waals surface area contributed by atoms with Crippen molar-refractivity contribution in [1.82, 2.24) is 9.80 Å². The Hall–Kier alpha value is -2.24. The number of nitrogens with zero attached hydrogens (tertiary/aromatic N) is 2. The van der Waals surface area contributed by atoms with Crippen molar-refractivity contribution < 1.29 is 9.53 Å². The minimum Gasteiger partial charge on any atom is -0.487 e. The summed E-state index contributed by atoms with van der Waals surface area (Å²) in [5.41, 5.74) is 3.79. The lowest BCUT2D eigenvalue weighted by molar-refractivity contribution is 0.0628. The second kappa shape index (κ2) is 10.8. The number of hydrogen-bond acceptors (Lipinski definition) is 3. The van der Waals surface area contributed by atoms with Gasteiger partial charge in [-0.25, -0.2) is 0 Å². The van der Waals surface area contributed by atoms with Gasteiger partial charge in [-0.2, -0.15) is 0 Å². The summed E-state index contributed by atoms with van der Waals surface area (Å²) in [6, 6.07) is 19.0. The molecular formula is C26H25Cl3N2O2. The third kappa shape index (κ3) is 6.21. The van der Waals surface area contributed by atoms with Gasteiger partial charge in [-0.15, -0.1) is 0 Å². The standard InChI is InChI=1S/C26H25Cl3N2O2/c1-18-5-7-23(28)25(13-18)33-17-20-3-2-4-21(14-20)26(32)31-11-9-30(10-12-31)16-19-6-8-22(27)24(29)15-19/h2-8,13-15H,9-12,16-17H2,1H3. The van der Waals surface area contributed by atoms with Crippen LogP contribution in [0.2, 0.25) is 15.1 Å². The first-order chi connectivity index (χ1) is 15.9. The summed E-state index contributed by atoms with van der Waals surface area (Å²) in [4.78, 5) is 17.3. The van der Waals surface area contributed by atoms with E-state index in [4.69, 9.17) is 39.5 Å². The number of benzene rings is 3. The lowest BCUT2D eigenvalue weighted by Gasteiger charge is -2.35. The minimum atomic E-state index is 0.0413. The van der Waals surface area contributed by atoms with Gasteiger partial charge in [0.05, 0.1) is 15.1 Å². The zero-order valence-electron chi connectivity index (χ0n) is 18.4. The fraction of sp³-hybridized carbons (Fsp3) is 0.269. The third-order valence-corrected chi connectivity index (χ3v) is 6.76. The van der Waals surface area contributed by atoms with Crippen molar-refractivity contribution in [3.8, 4) is 5.75 Å². The van der Waals surface area contributed by atoms with Crippen molar-refractivity contribution in [3.05, 3.63) is 98.0 Å². The number of piperazine rings is 1. The number of rotatable bonds is 6. The molecule has 0 N–H and O–H groups in total. The van der Waals surface area contributed by atoms with Crippen LogP contribution in [0.3, 0.4) is 0 Å². The van der Waals surface area contributed by atoms with Crippen LogP contribution in [-0.4, -0.2) is 41.9 Å². The molecule has 1 heterocycles. The molecule has 0 saturated carbocycles. The molecule has 3 aromatic carbocycles. The van der Waals surface area contributed by atoms with Crippen LogP contribution in [-0.2, 0) is 13.2 Å². The molecule has 1 saturated heterocycles. The number of ether oxygens (including phenoxy) is 1. The number of carbonyl (C=O) groups is 1. The van der Waals surface area contributed by atoms with Gasteiger partial charge < -0.3 is 9.64 Å². The van der Waals surface area contributed by atoms with E-state index in [0.29, 0.717) is 46.1 Å². The van der Waals surface area contributed by atoms with Gasteiger partial charge in [0.25, 0.3) is 5.91 Å². The van der Waals surface area contributed by atoms with Gasteiger partial charge in [0, 0.05) is 38.3 Å². The zero-order chi connectivity index (χ0) is 23.4. The van der Waals surface area contributed by atoms with Gasteiger partial charge >= 0.3 is 0 Å². The largest absolute Gasteiger partial charge is 0.487 e. The molecule has 1 amide bonds. The molecule has 1 aliphatic rings. The van der Waals surface area contributed by atoms with Gasteiger partial charge in [-0.05, 0) is 60.0 Å². The van der Waals surface area contributed by atoms with Gasteiger partial charge in [0.1, 0.15) is 12.4 Å². The maximum atomic E-state index is 13.1. The van der Waals surface area contributed by atoms with Crippen LogP contribution in [0.4, 0.5) is 0 Å². The van der Waals surface area contributed by atoms with E-state index in [1.54, 1.807) is 0 Å². The predicted molar refractivity (Wildman–Crippen MR) is 135 cm³/mol. The average Bonchev–Trinajstić information content (AvgIpc) is 2.82. The van der Waals surface area contributed by atoms with E-state index < -0.39 is 0 Å². The summed E-state index contributed by atoms with van der Waals surface area (Å²) in [7, 11) is 0. The van der Waals surface area contributed by atoms with E-state index >= 15 is 0 Å². The van der Waals surface area contributed by atoms with Crippen LogP contribution in [0, 0.1) is 6.92 Å². The van der Waals surface area contributed by atoms with Crippen LogP contribution < -0.4 is 4.74 Å². The average molecular weight is 504 g/mol. The van der Waals surface area contributed by atoms with E-state index in [2.05, 4.69) is 4.90 Å². The number of amides is 1. The predicted octanol–water partition coefficient (Wildman–Crippen LogP) is 6.49. The van der Waals surface area contributed by atoms with Crippen molar-refractivity contribution in [1.29, 1.82) is 0 Å². The Kier molecular flexibility index (Phi) is 7.82. The molecule has 33 heavy (non-hydrogen) atoms. The van der Waals surface area contributed by atoms with E-state index in [-0.39, 0.29) is 5.91 Å². The fourth-order valence-corrected chi connectivity index (χ4v) is 4.36. The summed E-state index contributed by atoms with van der Waals surface area (Å²) < 4.78 is 5.89. The molecule has 1 aliphatic heterocycles. The van der Waals surface area contributed by atoms with Crippen molar-refractivity contribution in [2.24, 2.45) is 0 Å². The molecule has 4 nitrogen and oxygen atoms in total. The van der Waals surface area contributed by atoms with E-state index in [1.165, 1.54) is 0 Å². The Morgan fingerprint density at radius 2 is 1.61 bits per heavy atom. The fourth-order valence-electron chi connectivity index (χ4n) is 3.86. The highest BCUT2D eigenvalue weighted by Crippen LogP contribution is 2.26. The SMILES string of the molecule is Cc1ccc(Cl)c(OCc2cccc(C(=O)N3CCN(Cc4ccc(Cl)c(Cl)c4)CC3)c2)c1. The highest BCUT2D eigenvalue weighted by atomic mass is 35.5. The Morgan fingerprint density at radius 3 is 2.36 bits per heavy atom. The first kappa shape index (κ1) is 23.9. The molecule has 7 heteroatoms. The molecule has 0 aromatic heterocycles. The van der Waals surface area contributed by atoms with Gasteiger partial charge in [-0.1, -0.05) is 59.1 Å². The van der Waals surface area contributed by atoms with Crippen molar-refractivity contribution in [3.63, 3.8) is 0 Å². The second-order valence-corrected chi connectivity index (χ2v) is 9.46. The molecule has 4 rings (SSSR count). The molecule has 0 aliphatic carbocycles. The highest BCUT2D eigenvalue weighted by molar-refractivity contribution is 6.42.